The smallest absolute Gasteiger partial charge is 0.138 e. The maximum atomic E-state index is 6.03. The lowest BCUT2D eigenvalue weighted by Gasteiger charge is -2.23. The van der Waals surface area contributed by atoms with E-state index in [4.69, 9.17) is 21.1 Å². The Labute approximate surface area is 162 Å². The number of nitrogens with zero attached hydrogens (tertiary/aromatic N) is 1. The Morgan fingerprint density at radius 1 is 1.08 bits per heavy atom. The SMILES string of the molecule is C=CN1CCCCC1.COc1cc(C)ccc1COc1ccccc1Cl. The quantitative estimate of drug-likeness (QED) is 0.655. The van der Waals surface area contributed by atoms with Crippen molar-refractivity contribution in [2.24, 2.45) is 0 Å². The van der Waals surface area contributed by atoms with Crippen molar-refractivity contribution in [3.05, 3.63) is 71.4 Å². The summed E-state index contributed by atoms with van der Waals surface area (Å²) in [6, 6.07) is 13.5. The van der Waals surface area contributed by atoms with Crippen LogP contribution in [0.5, 0.6) is 11.5 Å². The second-order valence-corrected chi connectivity index (χ2v) is 6.72. The third-order valence-corrected chi connectivity index (χ3v) is 4.62. The molecular weight excluding hydrogens is 346 g/mol. The van der Waals surface area contributed by atoms with Gasteiger partial charge in [-0.1, -0.05) is 42.4 Å². The van der Waals surface area contributed by atoms with Gasteiger partial charge < -0.3 is 14.4 Å². The molecule has 3 nitrogen and oxygen atoms in total. The minimum absolute atomic E-state index is 0.438. The van der Waals surface area contributed by atoms with E-state index in [9.17, 15) is 0 Å². The van der Waals surface area contributed by atoms with Crippen molar-refractivity contribution in [3.63, 3.8) is 0 Å². The van der Waals surface area contributed by atoms with Crippen molar-refractivity contribution < 1.29 is 9.47 Å². The lowest BCUT2D eigenvalue weighted by Crippen LogP contribution is -2.23. The van der Waals surface area contributed by atoms with E-state index < -0.39 is 0 Å². The zero-order valence-electron chi connectivity index (χ0n) is 15.7. The fraction of sp³-hybridized carbons (Fsp3) is 0.364. The van der Waals surface area contributed by atoms with Crippen molar-refractivity contribution in [2.75, 3.05) is 20.2 Å². The monoisotopic (exact) mass is 373 g/mol. The zero-order chi connectivity index (χ0) is 18.8. The van der Waals surface area contributed by atoms with E-state index in [1.807, 2.05) is 55.6 Å². The van der Waals surface area contributed by atoms with Crippen LogP contribution in [-0.2, 0) is 6.61 Å². The molecular formula is C22H28ClNO2. The summed E-state index contributed by atoms with van der Waals surface area (Å²) in [7, 11) is 1.66. The largest absolute Gasteiger partial charge is 0.496 e. The second kappa shape index (κ2) is 10.8. The first-order valence-corrected chi connectivity index (χ1v) is 9.39. The van der Waals surface area contributed by atoms with Crippen molar-refractivity contribution >= 4 is 11.6 Å². The topological polar surface area (TPSA) is 21.7 Å². The molecule has 1 aliphatic heterocycles. The van der Waals surface area contributed by atoms with Gasteiger partial charge in [0.1, 0.15) is 18.1 Å². The van der Waals surface area contributed by atoms with Crippen LogP contribution in [0.1, 0.15) is 30.4 Å². The summed E-state index contributed by atoms with van der Waals surface area (Å²) in [6.07, 6.45) is 6.06. The fourth-order valence-corrected chi connectivity index (χ4v) is 2.98. The molecule has 0 spiro atoms. The molecule has 26 heavy (non-hydrogen) atoms. The molecule has 1 fully saturated rings. The summed E-state index contributed by atoms with van der Waals surface area (Å²) in [5, 5.41) is 0.614. The molecule has 140 valence electrons. The highest BCUT2D eigenvalue weighted by molar-refractivity contribution is 6.32. The maximum absolute atomic E-state index is 6.03. The van der Waals surface area contributed by atoms with Gasteiger partial charge in [-0.2, -0.15) is 0 Å². The minimum Gasteiger partial charge on any atom is -0.496 e. The van der Waals surface area contributed by atoms with E-state index in [1.54, 1.807) is 7.11 Å². The van der Waals surface area contributed by atoms with Crippen molar-refractivity contribution in [2.45, 2.75) is 32.8 Å². The van der Waals surface area contributed by atoms with E-state index in [0.717, 1.165) is 16.9 Å². The van der Waals surface area contributed by atoms with Gasteiger partial charge in [-0.05, 0) is 56.1 Å². The summed E-state index contributed by atoms with van der Waals surface area (Å²) >= 11 is 6.03. The van der Waals surface area contributed by atoms with Crippen molar-refractivity contribution in [3.8, 4) is 11.5 Å². The molecule has 0 unspecified atom stereocenters. The molecule has 0 aliphatic carbocycles. The molecule has 0 bridgehead atoms. The Balaban J connectivity index is 0.000000254. The number of methoxy groups -OCH3 is 1. The average molecular weight is 374 g/mol. The molecule has 0 saturated carbocycles. The van der Waals surface area contributed by atoms with E-state index in [2.05, 4.69) is 11.5 Å². The van der Waals surface area contributed by atoms with Crippen LogP contribution in [0.15, 0.2) is 55.2 Å². The maximum Gasteiger partial charge on any atom is 0.138 e. The predicted molar refractivity (Wildman–Crippen MR) is 109 cm³/mol. The standard InChI is InChI=1S/C15H15ClO2.C7H13N/c1-11-7-8-12(15(9-11)17-2)10-18-14-6-4-3-5-13(14)16;1-2-8-6-4-3-5-7-8/h3-9H,10H2,1-2H3;2H,1,3-7H2. The number of benzene rings is 2. The van der Waals surface area contributed by atoms with Gasteiger partial charge in [-0.15, -0.1) is 0 Å². The van der Waals surface area contributed by atoms with Crippen LogP contribution in [0.2, 0.25) is 5.02 Å². The first-order chi connectivity index (χ1) is 12.6. The number of hydrogen-bond acceptors (Lipinski definition) is 3. The summed E-state index contributed by atoms with van der Waals surface area (Å²) in [5.41, 5.74) is 2.16. The molecule has 2 aromatic carbocycles. The van der Waals surface area contributed by atoms with E-state index >= 15 is 0 Å². The van der Waals surface area contributed by atoms with Crippen molar-refractivity contribution in [1.29, 1.82) is 0 Å². The molecule has 4 heteroatoms. The summed E-state index contributed by atoms with van der Waals surface area (Å²) in [6.45, 7) is 8.63. The normalized spacial score (nSPS) is 13.4. The number of ether oxygens (including phenoxy) is 2. The Bertz CT molecular complexity index is 696. The van der Waals surface area contributed by atoms with Gasteiger partial charge in [0.2, 0.25) is 0 Å². The molecule has 0 N–H and O–H groups in total. The van der Waals surface area contributed by atoms with Crippen LogP contribution in [0.4, 0.5) is 0 Å². The Hall–Kier alpha value is -2.13. The molecule has 0 atom stereocenters. The summed E-state index contributed by atoms with van der Waals surface area (Å²) in [4.78, 5) is 2.28. The van der Waals surface area contributed by atoms with Crippen LogP contribution >= 0.6 is 11.6 Å². The Kier molecular flexibility index (Phi) is 8.36. The van der Waals surface area contributed by atoms with Gasteiger partial charge in [0.15, 0.2) is 0 Å². The lowest BCUT2D eigenvalue weighted by atomic mass is 10.1. The van der Waals surface area contributed by atoms with Crippen LogP contribution in [0.3, 0.4) is 0 Å². The molecule has 0 radical (unpaired) electrons. The molecule has 0 aromatic heterocycles. The van der Waals surface area contributed by atoms with Gasteiger partial charge >= 0.3 is 0 Å². The molecule has 1 heterocycles. The van der Waals surface area contributed by atoms with Crippen LogP contribution in [0.25, 0.3) is 0 Å². The van der Waals surface area contributed by atoms with Gasteiger partial charge in [0, 0.05) is 18.7 Å². The van der Waals surface area contributed by atoms with Crippen molar-refractivity contribution in [1.82, 2.24) is 4.90 Å². The highest BCUT2D eigenvalue weighted by Crippen LogP contribution is 2.26. The fourth-order valence-electron chi connectivity index (χ4n) is 2.79. The molecule has 0 amide bonds. The molecule has 1 saturated heterocycles. The first-order valence-electron chi connectivity index (χ1n) is 9.01. The number of likely N-dealkylation sites (tertiary alicyclic amines) is 1. The minimum atomic E-state index is 0.438. The zero-order valence-corrected chi connectivity index (χ0v) is 16.5. The molecule has 2 aromatic rings. The number of rotatable bonds is 5. The van der Waals surface area contributed by atoms with Gasteiger partial charge in [0.25, 0.3) is 0 Å². The van der Waals surface area contributed by atoms with Crippen LogP contribution in [0, 0.1) is 6.92 Å². The Morgan fingerprint density at radius 2 is 1.81 bits per heavy atom. The number of piperidine rings is 1. The van der Waals surface area contributed by atoms with E-state index in [0.29, 0.717) is 17.4 Å². The average Bonchev–Trinajstić information content (AvgIpc) is 2.69. The number of aryl methyl sites for hydroxylation is 1. The van der Waals surface area contributed by atoms with E-state index in [1.165, 1.54) is 32.4 Å². The highest BCUT2D eigenvalue weighted by Gasteiger charge is 2.06. The molecule has 1 aliphatic rings. The predicted octanol–water partition coefficient (Wildman–Crippen LogP) is 5.85. The van der Waals surface area contributed by atoms with Crippen LogP contribution < -0.4 is 9.47 Å². The Morgan fingerprint density at radius 3 is 2.42 bits per heavy atom. The summed E-state index contributed by atoms with van der Waals surface area (Å²) < 4.78 is 11.0. The van der Waals surface area contributed by atoms with E-state index in [-0.39, 0.29) is 0 Å². The third kappa shape index (κ3) is 6.30. The van der Waals surface area contributed by atoms with Gasteiger partial charge in [-0.3, -0.25) is 0 Å². The number of halogens is 1. The van der Waals surface area contributed by atoms with Crippen LogP contribution in [-0.4, -0.2) is 25.1 Å². The number of para-hydroxylation sites is 1. The first kappa shape index (κ1) is 20.2. The molecule has 3 rings (SSSR count). The third-order valence-electron chi connectivity index (χ3n) is 4.31. The summed E-state index contributed by atoms with van der Waals surface area (Å²) in [5.74, 6) is 1.52. The lowest BCUT2D eigenvalue weighted by molar-refractivity contribution is 0.297. The highest BCUT2D eigenvalue weighted by atomic mass is 35.5. The number of hydrogen-bond donors (Lipinski definition) is 0. The van der Waals surface area contributed by atoms with Gasteiger partial charge in [-0.25, -0.2) is 0 Å². The second-order valence-electron chi connectivity index (χ2n) is 6.31. The van der Waals surface area contributed by atoms with Gasteiger partial charge in [0.05, 0.1) is 12.1 Å².